The van der Waals surface area contributed by atoms with Gasteiger partial charge >= 0.3 is 0 Å². The quantitative estimate of drug-likeness (QED) is 0.532. The maximum absolute atomic E-state index is 11.2. The van der Waals surface area contributed by atoms with Gasteiger partial charge in [0.15, 0.2) is 0 Å². The summed E-state index contributed by atoms with van der Waals surface area (Å²) in [4.78, 5) is 23.4. The van der Waals surface area contributed by atoms with Crippen molar-refractivity contribution >= 4 is 12.2 Å². The SMILES string of the molecule is O=CC1=C2C=CC(=O)N2CCC1. The molecule has 3 nitrogen and oxygen atoms in total. The van der Waals surface area contributed by atoms with E-state index in [4.69, 9.17) is 0 Å². The fourth-order valence-corrected chi connectivity index (χ4v) is 1.63. The molecule has 3 heteroatoms. The molecule has 2 rings (SSSR count). The predicted molar refractivity (Wildman–Crippen MR) is 43.2 cm³/mol. The summed E-state index contributed by atoms with van der Waals surface area (Å²) in [5.74, 6) is 0.00375. The van der Waals surface area contributed by atoms with E-state index in [-0.39, 0.29) is 5.91 Å². The first-order valence-electron chi connectivity index (χ1n) is 4.01. The topological polar surface area (TPSA) is 37.4 Å². The van der Waals surface area contributed by atoms with Gasteiger partial charge in [0.25, 0.3) is 5.91 Å². The highest BCUT2D eigenvalue weighted by Gasteiger charge is 2.25. The molecule has 0 N–H and O–H groups in total. The predicted octanol–water partition coefficient (Wildman–Crippen LogP) is 0.632. The van der Waals surface area contributed by atoms with E-state index in [0.717, 1.165) is 36.9 Å². The second-order valence-corrected chi connectivity index (χ2v) is 2.96. The molecule has 0 saturated carbocycles. The van der Waals surface area contributed by atoms with Gasteiger partial charge in [-0.25, -0.2) is 0 Å². The maximum Gasteiger partial charge on any atom is 0.251 e. The molecule has 0 aromatic rings. The van der Waals surface area contributed by atoms with E-state index in [2.05, 4.69) is 0 Å². The molecule has 0 unspecified atom stereocenters. The number of amides is 1. The molecule has 0 fully saturated rings. The molecule has 2 heterocycles. The Morgan fingerprint density at radius 2 is 2.25 bits per heavy atom. The Morgan fingerprint density at radius 3 is 3.00 bits per heavy atom. The Balaban J connectivity index is 2.43. The fraction of sp³-hybridized carbons (Fsp3) is 0.333. The van der Waals surface area contributed by atoms with E-state index in [1.165, 1.54) is 6.08 Å². The molecule has 0 bridgehead atoms. The summed E-state index contributed by atoms with van der Waals surface area (Å²) in [7, 11) is 0. The molecule has 62 valence electrons. The molecule has 12 heavy (non-hydrogen) atoms. The van der Waals surface area contributed by atoms with Crippen LogP contribution in [0.25, 0.3) is 0 Å². The number of rotatable bonds is 1. The summed E-state index contributed by atoms with van der Waals surface area (Å²) >= 11 is 0. The number of nitrogens with zero attached hydrogens (tertiary/aromatic N) is 1. The van der Waals surface area contributed by atoms with Gasteiger partial charge < -0.3 is 4.90 Å². The highest BCUT2D eigenvalue weighted by atomic mass is 16.2. The van der Waals surface area contributed by atoms with Crippen molar-refractivity contribution in [3.8, 4) is 0 Å². The number of aldehydes is 1. The van der Waals surface area contributed by atoms with Crippen LogP contribution < -0.4 is 0 Å². The van der Waals surface area contributed by atoms with Gasteiger partial charge in [-0.3, -0.25) is 9.59 Å². The van der Waals surface area contributed by atoms with Crippen molar-refractivity contribution in [3.05, 3.63) is 23.4 Å². The monoisotopic (exact) mass is 163 g/mol. The number of carbonyl (C=O) groups is 2. The van der Waals surface area contributed by atoms with E-state index in [1.807, 2.05) is 0 Å². The Hall–Kier alpha value is -1.38. The van der Waals surface area contributed by atoms with Crippen molar-refractivity contribution in [1.82, 2.24) is 4.90 Å². The van der Waals surface area contributed by atoms with Crippen LogP contribution in [0.2, 0.25) is 0 Å². The van der Waals surface area contributed by atoms with E-state index >= 15 is 0 Å². The lowest BCUT2D eigenvalue weighted by molar-refractivity contribution is -0.123. The summed E-state index contributed by atoms with van der Waals surface area (Å²) in [6.45, 7) is 0.749. The van der Waals surface area contributed by atoms with E-state index in [1.54, 1.807) is 11.0 Å². The lowest BCUT2D eigenvalue weighted by Crippen LogP contribution is -2.29. The van der Waals surface area contributed by atoms with Crippen LogP contribution >= 0.6 is 0 Å². The fourth-order valence-electron chi connectivity index (χ4n) is 1.63. The molecule has 1 amide bonds. The Labute approximate surface area is 70.4 Å². The van der Waals surface area contributed by atoms with Crippen LogP contribution in [0.3, 0.4) is 0 Å². The normalized spacial score (nSPS) is 21.7. The van der Waals surface area contributed by atoms with Gasteiger partial charge in [0.2, 0.25) is 0 Å². The third kappa shape index (κ3) is 0.897. The minimum atomic E-state index is 0.00375. The van der Waals surface area contributed by atoms with Crippen LogP contribution in [0, 0.1) is 0 Å². The van der Waals surface area contributed by atoms with Crippen molar-refractivity contribution in [3.63, 3.8) is 0 Å². The van der Waals surface area contributed by atoms with Gasteiger partial charge in [-0.2, -0.15) is 0 Å². The maximum atomic E-state index is 11.2. The third-order valence-corrected chi connectivity index (χ3v) is 2.24. The smallest absolute Gasteiger partial charge is 0.251 e. The molecular formula is C9H9NO2. The van der Waals surface area contributed by atoms with Crippen LogP contribution in [0.5, 0.6) is 0 Å². The summed E-state index contributed by atoms with van der Waals surface area (Å²) in [5.41, 5.74) is 1.56. The standard InChI is InChI=1S/C9H9NO2/c11-6-7-2-1-5-10-8(7)3-4-9(10)12/h3-4,6H,1-2,5H2. The lowest BCUT2D eigenvalue weighted by Gasteiger charge is -2.24. The lowest BCUT2D eigenvalue weighted by atomic mass is 10.0. The Kier molecular flexibility index (Phi) is 1.57. The van der Waals surface area contributed by atoms with Crippen molar-refractivity contribution in [2.24, 2.45) is 0 Å². The molecular weight excluding hydrogens is 154 g/mol. The first-order valence-corrected chi connectivity index (χ1v) is 4.01. The first kappa shape index (κ1) is 7.28. The highest BCUT2D eigenvalue weighted by Crippen LogP contribution is 2.25. The number of hydrogen-bond acceptors (Lipinski definition) is 2. The molecule has 0 saturated heterocycles. The number of hydrogen-bond donors (Lipinski definition) is 0. The number of carbonyl (C=O) groups excluding carboxylic acids is 2. The summed E-state index contributed by atoms with van der Waals surface area (Å²) < 4.78 is 0. The van der Waals surface area contributed by atoms with Crippen molar-refractivity contribution in [2.75, 3.05) is 6.54 Å². The zero-order valence-electron chi connectivity index (χ0n) is 6.62. The van der Waals surface area contributed by atoms with Gasteiger partial charge in [-0.1, -0.05) is 0 Å². The molecule has 2 aliphatic rings. The Bertz CT molecular complexity index is 302. The molecule has 0 aromatic heterocycles. The van der Waals surface area contributed by atoms with Crippen LogP contribution in [-0.2, 0) is 9.59 Å². The second-order valence-electron chi connectivity index (χ2n) is 2.96. The third-order valence-electron chi connectivity index (χ3n) is 2.24. The minimum absolute atomic E-state index is 0.00375. The van der Waals surface area contributed by atoms with Crippen LogP contribution in [-0.4, -0.2) is 23.6 Å². The molecule has 2 aliphatic heterocycles. The van der Waals surface area contributed by atoms with Crippen molar-refractivity contribution in [1.29, 1.82) is 0 Å². The largest absolute Gasteiger partial charge is 0.308 e. The summed E-state index contributed by atoms with van der Waals surface area (Å²) in [5, 5.41) is 0. The van der Waals surface area contributed by atoms with Gasteiger partial charge in [0.1, 0.15) is 6.29 Å². The Morgan fingerprint density at radius 1 is 1.42 bits per heavy atom. The summed E-state index contributed by atoms with van der Waals surface area (Å²) in [6.07, 6.45) is 5.79. The van der Waals surface area contributed by atoms with Crippen LogP contribution in [0.15, 0.2) is 23.4 Å². The highest BCUT2D eigenvalue weighted by molar-refractivity contribution is 5.95. The zero-order chi connectivity index (χ0) is 8.55. The van der Waals surface area contributed by atoms with Gasteiger partial charge in [-0.05, 0) is 18.9 Å². The van der Waals surface area contributed by atoms with E-state index in [0.29, 0.717) is 0 Å². The average Bonchev–Trinajstić information content (AvgIpc) is 2.48. The second kappa shape index (κ2) is 2.59. The van der Waals surface area contributed by atoms with E-state index < -0.39 is 0 Å². The molecule has 0 atom stereocenters. The van der Waals surface area contributed by atoms with Crippen LogP contribution in [0.4, 0.5) is 0 Å². The van der Waals surface area contributed by atoms with Gasteiger partial charge in [-0.15, -0.1) is 0 Å². The van der Waals surface area contributed by atoms with Gasteiger partial charge in [0.05, 0.1) is 5.70 Å². The van der Waals surface area contributed by atoms with Crippen LogP contribution in [0.1, 0.15) is 12.8 Å². The van der Waals surface area contributed by atoms with E-state index in [9.17, 15) is 9.59 Å². The molecule has 0 aromatic carbocycles. The molecule has 0 radical (unpaired) electrons. The van der Waals surface area contributed by atoms with Gasteiger partial charge in [0, 0.05) is 18.2 Å². The molecule has 0 spiro atoms. The minimum Gasteiger partial charge on any atom is -0.308 e. The first-order chi connectivity index (χ1) is 5.83. The number of fused-ring (bicyclic) bond motifs is 1. The van der Waals surface area contributed by atoms with Crippen molar-refractivity contribution in [2.45, 2.75) is 12.8 Å². The summed E-state index contributed by atoms with van der Waals surface area (Å²) in [6, 6.07) is 0. The number of allylic oxidation sites excluding steroid dienone is 2. The molecule has 0 aliphatic carbocycles. The average molecular weight is 163 g/mol. The zero-order valence-corrected chi connectivity index (χ0v) is 6.62. The van der Waals surface area contributed by atoms with Crippen molar-refractivity contribution < 1.29 is 9.59 Å².